The molecule has 0 aromatic carbocycles. The van der Waals surface area contributed by atoms with Crippen molar-refractivity contribution in [3.05, 3.63) is 0 Å². The van der Waals surface area contributed by atoms with Crippen LogP contribution in [0.2, 0.25) is 0 Å². The van der Waals surface area contributed by atoms with E-state index in [0.29, 0.717) is 6.04 Å². The maximum absolute atomic E-state index is 5.92. The lowest BCUT2D eigenvalue weighted by Gasteiger charge is -2.13. The molecule has 5 atom stereocenters. The zero-order valence-corrected chi connectivity index (χ0v) is 6.10. The van der Waals surface area contributed by atoms with Gasteiger partial charge >= 0.3 is 0 Å². The highest BCUT2D eigenvalue weighted by atomic mass is 32.2. The summed E-state index contributed by atoms with van der Waals surface area (Å²) in [6.07, 6.45) is 2.79. The van der Waals surface area contributed by atoms with Crippen LogP contribution in [0.25, 0.3) is 0 Å². The molecule has 1 heterocycles. The third-order valence-electron chi connectivity index (χ3n) is 3.15. The van der Waals surface area contributed by atoms with Gasteiger partial charge in [-0.1, -0.05) is 0 Å². The van der Waals surface area contributed by atoms with Crippen LogP contribution in [0.15, 0.2) is 0 Å². The van der Waals surface area contributed by atoms with E-state index in [-0.39, 0.29) is 0 Å². The standard InChI is InChI=1S/C7H11NS/c8-5-2-3-1-4(5)7-6(3)9-7/h3-7H,1-2,8H2/t3-,4+,5-,6-,7+/m0/s1. The van der Waals surface area contributed by atoms with Gasteiger partial charge in [-0.3, -0.25) is 0 Å². The van der Waals surface area contributed by atoms with Crippen molar-refractivity contribution in [2.75, 3.05) is 0 Å². The molecule has 9 heavy (non-hydrogen) atoms. The van der Waals surface area contributed by atoms with Gasteiger partial charge in [0.2, 0.25) is 0 Å². The highest BCUT2D eigenvalue weighted by Crippen LogP contribution is 2.65. The Morgan fingerprint density at radius 2 is 2.11 bits per heavy atom. The van der Waals surface area contributed by atoms with Crippen molar-refractivity contribution in [1.29, 1.82) is 0 Å². The fourth-order valence-electron chi connectivity index (χ4n) is 2.65. The molecule has 3 fully saturated rings. The molecule has 0 aromatic heterocycles. The second-order valence-corrected chi connectivity index (χ2v) is 4.99. The largest absolute Gasteiger partial charge is 0.327 e. The summed E-state index contributed by atoms with van der Waals surface area (Å²) in [6, 6.07) is 0.575. The predicted molar refractivity (Wildman–Crippen MR) is 39.4 cm³/mol. The molecule has 0 unspecified atom stereocenters. The van der Waals surface area contributed by atoms with Crippen molar-refractivity contribution >= 4 is 11.8 Å². The molecule has 2 aliphatic carbocycles. The van der Waals surface area contributed by atoms with Gasteiger partial charge in [-0.2, -0.15) is 11.8 Å². The second-order valence-electron chi connectivity index (χ2n) is 3.62. The van der Waals surface area contributed by atoms with Gasteiger partial charge in [0.1, 0.15) is 0 Å². The molecule has 0 spiro atoms. The first kappa shape index (κ1) is 5.03. The Bertz CT molecular complexity index is 155. The Hall–Kier alpha value is 0.310. The molecule has 1 nitrogen and oxygen atoms in total. The van der Waals surface area contributed by atoms with Crippen molar-refractivity contribution in [3.63, 3.8) is 0 Å². The van der Waals surface area contributed by atoms with E-state index in [1.807, 2.05) is 0 Å². The molecule has 2 bridgehead atoms. The molecule has 2 N–H and O–H groups in total. The summed E-state index contributed by atoms with van der Waals surface area (Å²) in [7, 11) is 0. The Labute approximate surface area is 59.4 Å². The average molecular weight is 141 g/mol. The topological polar surface area (TPSA) is 26.0 Å². The number of hydrogen-bond donors (Lipinski definition) is 1. The molecule has 2 heteroatoms. The van der Waals surface area contributed by atoms with E-state index in [1.165, 1.54) is 12.8 Å². The minimum Gasteiger partial charge on any atom is -0.327 e. The van der Waals surface area contributed by atoms with Crippen molar-refractivity contribution in [3.8, 4) is 0 Å². The number of nitrogens with two attached hydrogens (primary N) is 1. The van der Waals surface area contributed by atoms with Crippen LogP contribution < -0.4 is 5.73 Å². The molecular weight excluding hydrogens is 130 g/mol. The van der Waals surface area contributed by atoms with Gasteiger partial charge in [-0.05, 0) is 24.7 Å². The smallest absolute Gasteiger partial charge is 0.0215 e. The molecule has 1 aliphatic heterocycles. The maximum atomic E-state index is 5.92. The Morgan fingerprint density at radius 1 is 1.22 bits per heavy atom. The van der Waals surface area contributed by atoms with Gasteiger partial charge < -0.3 is 5.73 Å². The van der Waals surface area contributed by atoms with Crippen molar-refractivity contribution in [2.45, 2.75) is 29.4 Å². The second kappa shape index (κ2) is 1.32. The van der Waals surface area contributed by atoms with Crippen LogP contribution >= 0.6 is 11.8 Å². The monoisotopic (exact) mass is 141 g/mol. The van der Waals surface area contributed by atoms with Crippen molar-refractivity contribution in [2.24, 2.45) is 17.6 Å². The number of hydrogen-bond acceptors (Lipinski definition) is 2. The minimum atomic E-state index is 0.575. The summed E-state index contributed by atoms with van der Waals surface area (Å²) in [5.41, 5.74) is 5.92. The molecule has 0 amide bonds. The van der Waals surface area contributed by atoms with Crippen LogP contribution in [0, 0.1) is 11.8 Å². The van der Waals surface area contributed by atoms with E-state index < -0.39 is 0 Å². The van der Waals surface area contributed by atoms with Crippen molar-refractivity contribution < 1.29 is 0 Å². The maximum Gasteiger partial charge on any atom is 0.0215 e. The average Bonchev–Trinajstić information content (AvgIpc) is 2.46. The predicted octanol–water partition coefficient (Wildman–Crippen LogP) is 0.838. The highest BCUT2D eigenvalue weighted by molar-refractivity contribution is 8.07. The van der Waals surface area contributed by atoms with Crippen LogP contribution in [-0.4, -0.2) is 16.5 Å². The minimum absolute atomic E-state index is 0.575. The normalized spacial score (nSPS) is 68.3. The molecule has 3 aliphatic rings. The lowest BCUT2D eigenvalue weighted by atomic mass is 9.96. The van der Waals surface area contributed by atoms with E-state index in [4.69, 9.17) is 5.73 Å². The summed E-state index contributed by atoms with van der Waals surface area (Å²) in [4.78, 5) is 0. The van der Waals surface area contributed by atoms with Crippen LogP contribution in [-0.2, 0) is 0 Å². The molecule has 1 saturated heterocycles. The Morgan fingerprint density at radius 3 is 2.67 bits per heavy atom. The van der Waals surface area contributed by atoms with Gasteiger partial charge in [0.25, 0.3) is 0 Å². The Balaban J connectivity index is 1.96. The quantitative estimate of drug-likeness (QED) is 0.506. The zero-order chi connectivity index (χ0) is 6.01. The fourth-order valence-corrected chi connectivity index (χ4v) is 4.31. The summed E-state index contributed by atoms with van der Waals surface area (Å²) in [6.45, 7) is 0. The van der Waals surface area contributed by atoms with Gasteiger partial charge in [-0.15, -0.1) is 0 Å². The first-order valence-corrected chi connectivity index (χ1v) is 4.71. The first-order valence-electron chi connectivity index (χ1n) is 3.77. The van der Waals surface area contributed by atoms with E-state index in [0.717, 1.165) is 22.3 Å². The molecule has 2 saturated carbocycles. The summed E-state index contributed by atoms with van der Waals surface area (Å²) >= 11 is 2.18. The number of fused-ring (bicyclic) bond motifs is 5. The molecule has 0 radical (unpaired) electrons. The van der Waals surface area contributed by atoms with Crippen LogP contribution in [0.1, 0.15) is 12.8 Å². The molecular formula is C7H11NS. The van der Waals surface area contributed by atoms with Crippen molar-refractivity contribution in [1.82, 2.24) is 0 Å². The number of rotatable bonds is 0. The van der Waals surface area contributed by atoms with Crippen LogP contribution in [0.5, 0.6) is 0 Å². The SMILES string of the molecule is N[C@H]1C[C@@H]2C[C@H]1[C@H]1S[C@@H]21. The Kier molecular flexibility index (Phi) is 0.740. The lowest BCUT2D eigenvalue weighted by molar-refractivity contribution is 0.468. The van der Waals surface area contributed by atoms with Crippen LogP contribution in [0.3, 0.4) is 0 Å². The summed E-state index contributed by atoms with van der Waals surface area (Å²) in [5, 5.41) is 2.08. The molecule has 0 aromatic rings. The summed E-state index contributed by atoms with van der Waals surface area (Å²) < 4.78 is 0. The van der Waals surface area contributed by atoms with E-state index in [2.05, 4.69) is 11.8 Å². The summed E-state index contributed by atoms with van der Waals surface area (Å²) in [5.74, 6) is 1.95. The highest BCUT2D eigenvalue weighted by Gasteiger charge is 2.61. The number of thioether (sulfide) groups is 1. The first-order chi connectivity index (χ1) is 4.36. The fraction of sp³-hybridized carbons (Fsp3) is 1.00. The third kappa shape index (κ3) is 0.478. The molecule has 3 rings (SSSR count). The van der Waals surface area contributed by atoms with E-state index in [9.17, 15) is 0 Å². The van der Waals surface area contributed by atoms with Crippen LogP contribution in [0.4, 0.5) is 0 Å². The molecule has 50 valence electrons. The van der Waals surface area contributed by atoms with Gasteiger partial charge in [-0.25, -0.2) is 0 Å². The third-order valence-corrected chi connectivity index (χ3v) is 4.78. The lowest BCUT2D eigenvalue weighted by Crippen LogP contribution is -2.30. The van der Waals surface area contributed by atoms with E-state index >= 15 is 0 Å². The van der Waals surface area contributed by atoms with Gasteiger partial charge in [0.15, 0.2) is 0 Å². The van der Waals surface area contributed by atoms with Gasteiger partial charge in [0, 0.05) is 16.5 Å². The van der Waals surface area contributed by atoms with Gasteiger partial charge in [0.05, 0.1) is 0 Å². The zero-order valence-electron chi connectivity index (χ0n) is 5.29. The van der Waals surface area contributed by atoms with E-state index in [1.54, 1.807) is 0 Å².